The van der Waals surface area contributed by atoms with E-state index < -0.39 is 12.0 Å². The highest BCUT2D eigenvalue weighted by molar-refractivity contribution is 7.10. The van der Waals surface area contributed by atoms with Crippen LogP contribution in [0.25, 0.3) is 0 Å². The standard InChI is InChI=1S/C12H16N2O3S/c13-11(9-2-1-5-18-9)12(17)14-4-3-8(7-14)6-10(15)16/h1-2,5,8,11H,3-4,6-7,13H2,(H,15,16). The van der Waals surface area contributed by atoms with Gasteiger partial charge in [-0.1, -0.05) is 6.07 Å². The number of carbonyl (C=O) groups excluding carboxylic acids is 1. The first-order valence-corrected chi connectivity index (χ1v) is 6.75. The molecule has 1 fully saturated rings. The van der Waals surface area contributed by atoms with Gasteiger partial charge in [-0.3, -0.25) is 9.59 Å². The zero-order valence-corrected chi connectivity index (χ0v) is 10.7. The number of nitrogens with zero attached hydrogens (tertiary/aromatic N) is 1. The van der Waals surface area contributed by atoms with Gasteiger partial charge in [0.25, 0.3) is 0 Å². The molecule has 2 unspecified atom stereocenters. The maximum absolute atomic E-state index is 12.1. The van der Waals surface area contributed by atoms with Crippen LogP contribution in [0.2, 0.25) is 0 Å². The maximum atomic E-state index is 12.1. The van der Waals surface area contributed by atoms with E-state index in [-0.39, 0.29) is 18.2 Å². The van der Waals surface area contributed by atoms with Crippen molar-refractivity contribution in [1.29, 1.82) is 0 Å². The van der Waals surface area contributed by atoms with E-state index in [0.717, 1.165) is 11.3 Å². The fourth-order valence-corrected chi connectivity index (χ4v) is 2.95. The number of rotatable bonds is 4. The molecule has 2 heterocycles. The van der Waals surface area contributed by atoms with E-state index in [1.165, 1.54) is 11.3 Å². The number of carbonyl (C=O) groups is 2. The van der Waals surface area contributed by atoms with E-state index in [0.29, 0.717) is 13.1 Å². The quantitative estimate of drug-likeness (QED) is 0.855. The number of hydrogen-bond donors (Lipinski definition) is 2. The minimum Gasteiger partial charge on any atom is -0.481 e. The molecule has 1 aromatic rings. The first-order chi connectivity index (χ1) is 8.58. The number of carboxylic acid groups (broad SMARTS) is 1. The number of thiophene rings is 1. The molecule has 1 aliphatic heterocycles. The van der Waals surface area contributed by atoms with Crippen molar-refractivity contribution in [2.45, 2.75) is 18.9 Å². The van der Waals surface area contributed by atoms with Crippen molar-refractivity contribution in [1.82, 2.24) is 4.90 Å². The summed E-state index contributed by atoms with van der Waals surface area (Å²) in [4.78, 5) is 25.3. The fraction of sp³-hybridized carbons (Fsp3) is 0.500. The van der Waals surface area contributed by atoms with Gasteiger partial charge in [-0.2, -0.15) is 0 Å². The monoisotopic (exact) mass is 268 g/mol. The van der Waals surface area contributed by atoms with E-state index in [9.17, 15) is 9.59 Å². The first-order valence-electron chi connectivity index (χ1n) is 5.87. The van der Waals surface area contributed by atoms with Crippen molar-refractivity contribution >= 4 is 23.2 Å². The second-order valence-corrected chi connectivity index (χ2v) is 5.51. The smallest absolute Gasteiger partial charge is 0.303 e. The Morgan fingerprint density at radius 1 is 1.61 bits per heavy atom. The van der Waals surface area contributed by atoms with Crippen LogP contribution in [-0.2, 0) is 9.59 Å². The van der Waals surface area contributed by atoms with E-state index >= 15 is 0 Å². The molecule has 1 aromatic heterocycles. The summed E-state index contributed by atoms with van der Waals surface area (Å²) in [5.41, 5.74) is 5.91. The van der Waals surface area contributed by atoms with E-state index in [4.69, 9.17) is 10.8 Å². The Balaban J connectivity index is 1.93. The molecule has 0 radical (unpaired) electrons. The Morgan fingerprint density at radius 2 is 2.39 bits per heavy atom. The zero-order chi connectivity index (χ0) is 13.1. The van der Waals surface area contributed by atoms with Crippen molar-refractivity contribution in [3.05, 3.63) is 22.4 Å². The average molecular weight is 268 g/mol. The number of amides is 1. The molecule has 1 amide bonds. The molecule has 5 nitrogen and oxygen atoms in total. The van der Waals surface area contributed by atoms with E-state index in [1.807, 2.05) is 17.5 Å². The Hall–Kier alpha value is -1.40. The van der Waals surface area contributed by atoms with Crippen LogP contribution in [0.3, 0.4) is 0 Å². The van der Waals surface area contributed by atoms with Gasteiger partial charge in [0.1, 0.15) is 6.04 Å². The molecule has 0 aliphatic carbocycles. The van der Waals surface area contributed by atoms with Crippen LogP contribution in [0.15, 0.2) is 17.5 Å². The van der Waals surface area contributed by atoms with Gasteiger partial charge in [0.2, 0.25) is 5.91 Å². The molecule has 6 heteroatoms. The van der Waals surface area contributed by atoms with Crippen LogP contribution < -0.4 is 5.73 Å². The zero-order valence-electron chi connectivity index (χ0n) is 9.91. The Labute approximate surface area is 109 Å². The minimum absolute atomic E-state index is 0.0574. The second kappa shape index (κ2) is 5.49. The molecule has 1 saturated heterocycles. The molecular weight excluding hydrogens is 252 g/mol. The summed E-state index contributed by atoms with van der Waals surface area (Å²) in [6.45, 7) is 1.11. The van der Waals surface area contributed by atoms with Crippen molar-refractivity contribution in [3.8, 4) is 0 Å². The summed E-state index contributed by atoms with van der Waals surface area (Å²) in [6.07, 6.45) is 0.868. The highest BCUT2D eigenvalue weighted by Crippen LogP contribution is 2.24. The summed E-state index contributed by atoms with van der Waals surface area (Å²) in [5, 5.41) is 10.6. The minimum atomic E-state index is -0.808. The normalized spacial score (nSPS) is 20.9. The van der Waals surface area contributed by atoms with Gasteiger partial charge in [0, 0.05) is 24.4 Å². The van der Waals surface area contributed by atoms with Crippen LogP contribution >= 0.6 is 11.3 Å². The van der Waals surface area contributed by atoms with Crippen LogP contribution in [0.5, 0.6) is 0 Å². The van der Waals surface area contributed by atoms with Crippen molar-refractivity contribution in [2.75, 3.05) is 13.1 Å². The largest absolute Gasteiger partial charge is 0.481 e. The van der Waals surface area contributed by atoms with Gasteiger partial charge in [-0.05, 0) is 23.8 Å². The summed E-state index contributed by atoms with van der Waals surface area (Å²) in [5.74, 6) is -0.857. The average Bonchev–Trinajstić information content (AvgIpc) is 2.96. The summed E-state index contributed by atoms with van der Waals surface area (Å²) >= 11 is 1.46. The lowest BCUT2D eigenvalue weighted by atomic mass is 10.1. The number of likely N-dealkylation sites (tertiary alicyclic amines) is 1. The van der Waals surface area contributed by atoms with Crippen LogP contribution in [0.4, 0.5) is 0 Å². The van der Waals surface area contributed by atoms with Crippen LogP contribution in [0.1, 0.15) is 23.8 Å². The molecule has 18 heavy (non-hydrogen) atoms. The summed E-state index contributed by atoms with van der Waals surface area (Å²) in [7, 11) is 0. The molecule has 0 bridgehead atoms. The van der Waals surface area contributed by atoms with Crippen molar-refractivity contribution < 1.29 is 14.7 Å². The number of aliphatic carboxylic acids is 1. The van der Waals surface area contributed by atoms with Gasteiger partial charge in [-0.25, -0.2) is 0 Å². The third-order valence-electron chi connectivity index (χ3n) is 3.18. The molecule has 0 spiro atoms. The lowest BCUT2D eigenvalue weighted by molar-refractivity contribution is -0.138. The molecule has 3 N–H and O–H groups in total. The van der Waals surface area contributed by atoms with Crippen molar-refractivity contribution in [3.63, 3.8) is 0 Å². The highest BCUT2D eigenvalue weighted by Gasteiger charge is 2.31. The molecule has 0 saturated carbocycles. The topological polar surface area (TPSA) is 83.6 Å². The van der Waals surface area contributed by atoms with Gasteiger partial charge < -0.3 is 15.7 Å². The lowest BCUT2D eigenvalue weighted by Gasteiger charge is -2.20. The van der Waals surface area contributed by atoms with E-state index in [1.54, 1.807) is 4.90 Å². The highest BCUT2D eigenvalue weighted by atomic mass is 32.1. The predicted octanol–water partition coefficient (Wildman–Crippen LogP) is 1.07. The maximum Gasteiger partial charge on any atom is 0.303 e. The van der Waals surface area contributed by atoms with Gasteiger partial charge in [-0.15, -0.1) is 11.3 Å². The van der Waals surface area contributed by atoms with Crippen LogP contribution in [0, 0.1) is 5.92 Å². The molecule has 2 rings (SSSR count). The predicted molar refractivity (Wildman–Crippen MR) is 68.2 cm³/mol. The molecule has 1 aliphatic rings. The van der Waals surface area contributed by atoms with E-state index in [2.05, 4.69) is 0 Å². The number of nitrogens with two attached hydrogens (primary N) is 1. The molecule has 2 atom stereocenters. The molecule has 0 aromatic carbocycles. The fourth-order valence-electron chi connectivity index (χ4n) is 2.23. The third-order valence-corrected chi connectivity index (χ3v) is 4.13. The molecular formula is C12H16N2O3S. The van der Waals surface area contributed by atoms with Crippen LogP contribution in [-0.4, -0.2) is 35.0 Å². The number of carboxylic acids is 1. The third kappa shape index (κ3) is 2.88. The number of hydrogen-bond acceptors (Lipinski definition) is 4. The summed E-state index contributed by atoms with van der Waals surface area (Å²) in [6, 6.07) is 3.09. The molecule has 98 valence electrons. The van der Waals surface area contributed by atoms with Crippen molar-refractivity contribution in [2.24, 2.45) is 11.7 Å². The van der Waals surface area contributed by atoms with Gasteiger partial charge in [0.05, 0.1) is 0 Å². The Bertz CT molecular complexity index is 433. The Kier molecular flexibility index (Phi) is 3.98. The Morgan fingerprint density at radius 3 is 3.00 bits per heavy atom. The van der Waals surface area contributed by atoms with Gasteiger partial charge >= 0.3 is 5.97 Å². The van der Waals surface area contributed by atoms with Gasteiger partial charge in [0.15, 0.2) is 0 Å². The first kappa shape index (κ1) is 13.0. The summed E-state index contributed by atoms with van der Waals surface area (Å²) < 4.78 is 0. The lowest BCUT2D eigenvalue weighted by Crippen LogP contribution is -2.36. The SMILES string of the molecule is NC(C(=O)N1CCC(CC(=O)O)C1)c1cccs1. The second-order valence-electron chi connectivity index (χ2n) is 4.53.